The van der Waals surface area contributed by atoms with Crippen LogP contribution in [-0.4, -0.2) is 16.4 Å². The quantitative estimate of drug-likeness (QED) is 0.542. The van der Waals surface area contributed by atoms with E-state index in [1.807, 2.05) is 36.5 Å². The first-order valence-electron chi connectivity index (χ1n) is 7.12. The van der Waals surface area contributed by atoms with Gasteiger partial charge in [-0.3, -0.25) is 4.68 Å². The fraction of sp³-hybridized carbons (Fsp3) is 0.438. The van der Waals surface area contributed by atoms with Gasteiger partial charge in [0.1, 0.15) is 5.75 Å². The molecule has 0 unspecified atom stereocenters. The number of benzene rings is 1. The van der Waals surface area contributed by atoms with Crippen molar-refractivity contribution < 1.29 is 4.74 Å². The Morgan fingerprint density at radius 1 is 1.25 bits per heavy atom. The Bertz CT molecular complexity index is 510. The van der Waals surface area contributed by atoms with Crippen molar-refractivity contribution >= 4 is 11.6 Å². The summed E-state index contributed by atoms with van der Waals surface area (Å²) in [5.41, 5.74) is 2.42. The highest BCUT2D eigenvalue weighted by atomic mass is 35.5. The van der Waals surface area contributed by atoms with Crippen molar-refractivity contribution in [3.05, 3.63) is 47.8 Å². The average molecular weight is 293 g/mol. The van der Waals surface area contributed by atoms with Crippen LogP contribution in [0, 0.1) is 0 Å². The van der Waals surface area contributed by atoms with Gasteiger partial charge in [0.15, 0.2) is 0 Å². The molecule has 0 bridgehead atoms. The van der Waals surface area contributed by atoms with Crippen molar-refractivity contribution in [3.8, 4) is 5.75 Å². The third-order valence-electron chi connectivity index (χ3n) is 3.19. The lowest BCUT2D eigenvalue weighted by molar-refractivity contribution is 0.297. The van der Waals surface area contributed by atoms with E-state index in [-0.39, 0.29) is 0 Å². The molecule has 0 amide bonds. The van der Waals surface area contributed by atoms with Crippen LogP contribution in [0.5, 0.6) is 5.75 Å². The Morgan fingerprint density at radius 2 is 2.05 bits per heavy atom. The highest BCUT2D eigenvalue weighted by Gasteiger charge is 2.08. The van der Waals surface area contributed by atoms with Crippen LogP contribution in [-0.2, 0) is 18.8 Å². The second-order valence-corrected chi connectivity index (χ2v) is 5.01. The average Bonchev–Trinajstić information content (AvgIpc) is 2.87. The molecule has 1 heterocycles. The fourth-order valence-corrected chi connectivity index (χ4v) is 2.42. The van der Waals surface area contributed by atoms with Gasteiger partial charge < -0.3 is 4.74 Å². The van der Waals surface area contributed by atoms with Crippen molar-refractivity contribution in [2.75, 3.05) is 6.61 Å². The number of rotatable bonds is 8. The summed E-state index contributed by atoms with van der Waals surface area (Å²) < 4.78 is 7.76. The van der Waals surface area contributed by atoms with Gasteiger partial charge >= 0.3 is 0 Å². The summed E-state index contributed by atoms with van der Waals surface area (Å²) >= 11 is 5.94. The van der Waals surface area contributed by atoms with E-state index in [0.717, 1.165) is 37.1 Å². The molecule has 2 aromatic rings. The SMILES string of the molecule is CCCc1c(CCl)cnn1CCCOc1ccccc1. The van der Waals surface area contributed by atoms with Crippen LogP contribution in [0.1, 0.15) is 31.0 Å². The minimum atomic E-state index is 0.538. The molecule has 0 fully saturated rings. The molecular formula is C16H21ClN2O. The van der Waals surface area contributed by atoms with Gasteiger partial charge in [0.2, 0.25) is 0 Å². The van der Waals surface area contributed by atoms with Crippen molar-refractivity contribution in [2.45, 2.75) is 38.6 Å². The maximum Gasteiger partial charge on any atom is 0.119 e. The summed E-state index contributed by atoms with van der Waals surface area (Å²) in [4.78, 5) is 0. The van der Waals surface area contributed by atoms with Crippen LogP contribution < -0.4 is 4.74 Å². The van der Waals surface area contributed by atoms with Gasteiger partial charge in [0.05, 0.1) is 18.7 Å². The minimum Gasteiger partial charge on any atom is -0.494 e. The lowest BCUT2D eigenvalue weighted by Crippen LogP contribution is -2.09. The van der Waals surface area contributed by atoms with Gasteiger partial charge in [-0.1, -0.05) is 31.5 Å². The molecule has 4 heteroatoms. The highest BCUT2D eigenvalue weighted by Crippen LogP contribution is 2.14. The molecule has 0 saturated carbocycles. The van der Waals surface area contributed by atoms with Gasteiger partial charge in [0.25, 0.3) is 0 Å². The van der Waals surface area contributed by atoms with E-state index in [2.05, 4.69) is 16.7 Å². The molecule has 3 nitrogen and oxygen atoms in total. The lowest BCUT2D eigenvalue weighted by atomic mass is 10.2. The van der Waals surface area contributed by atoms with E-state index >= 15 is 0 Å². The van der Waals surface area contributed by atoms with Gasteiger partial charge in [-0.25, -0.2) is 0 Å². The van der Waals surface area contributed by atoms with Gasteiger partial charge in [-0.05, 0) is 18.6 Å². The van der Waals surface area contributed by atoms with E-state index in [4.69, 9.17) is 16.3 Å². The first-order valence-corrected chi connectivity index (χ1v) is 7.66. The molecule has 2 rings (SSSR count). The Labute approximate surface area is 125 Å². The van der Waals surface area contributed by atoms with Crippen molar-refractivity contribution in [3.63, 3.8) is 0 Å². The summed E-state index contributed by atoms with van der Waals surface area (Å²) in [7, 11) is 0. The highest BCUT2D eigenvalue weighted by molar-refractivity contribution is 6.17. The first kappa shape index (κ1) is 14.9. The van der Waals surface area contributed by atoms with E-state index < -0.39 is 0 Å². The second kappa shape index (κ2) is 7.95. The van der Waals surface area contributed by atoms with E-state index in [1.54, 1.807) is 0 Å². The number of ether oxygens (including phenoxy) is 1. The van der Waals surface area contributed by atoms with Crippen LogP contribution in [0.4, 0.5) is 0 Å². The van der Waals surface area contributed by atoms with Crippen LogP contribution >= 0.6 is 11.6 Å². The predicted octanol–water partition coefficient (Wildman–Crippen LogP) is 4.04. The Kier molecular flexibility index (Phi) is 5.93. The largest absolute Gasteiger partial charge is 0.494 e. The summed E-state index contributed by atoms with van der Waals surface area (Å²) in [6.45, 7) is 3.75. The molecule has 0 spiro atoms. The molecule has 108 valence electrons. The number of alkyl halides is 1. The summed E-state index contributed by atoms with van der Waals surface area (Å²) in [6.07, 6.45) is 4.96. The monoisotopic (exact) mass is 292 g/mol. The van der Waals surface area contributed by atoms with Crippen LogP contribution in [0.2, 0.25) is 0 Å². The number of para-hydroxylation sites is 1. The van der Waals surface area contributed by atoms with Gasteiger partial charge in [-0.2, -0.15) is 5.10 Å². The zero-order valence-electron chi connectivity index (χ0n) is 11.9. The number of hydrogen-bond donors (Lipinski definition) is 0. The van der Waals surface area contributed by atoms with E-state index in [0.29, 0.717) is 12.5 Å². The topological polar surface area (TPSA) is 27.1 Å². The molecule has 0 saturated heterocycles. The third-order valence-corrected chi connectivity index (χ3v) is 3.48. The van der Waals surface area contributed by atoms with Gasteiger partial charge in [-0.15, -0.1) is 11.6 Å². The van der Waals surface area contributed by atoms with Crippen LogP contribution in [0.15, 0.2) is 36.5 Å². The Hall–Kier alpha value is -1.48. The molecule has 0 aliphatic rings. The number of hydrogen-bond acceptors (Lipinski definition) is 2. The molecule has 1 aromatic carbocycles. The first-order chi connectivity index (χ1) is 9.85. The zero-order valence-corrected chi connectivity index (χ0v) is 12.6. The molecule has 1 aromatic heterocycles. The standard InChI is InChI=1S/C16H21ClN2O/c1-2-7-16-14(12-17)13-18-19(16)10-6-11-20-15-8-4-3-5-9-15/h3-5,8-9,13H,2,6-7,10-12H2,1H3. The number of halogens is 1. The van der Waals surface area contributed by atoms with Crippen LogP contribution in [0.3, 0.4) is 0 Å². The maximum absolute atomic E-state index is 5.94. The van der Waals surface area contributed by atoms with Crippen LogP contribution in [0.25, 0.3) is 0 Å². The van der Waals surface area contributed by atoms with Crippen molar-refractivity contribution in [1.29, 1.82) is 0 Å². The smallest absolute Gasteiger partial charge is 0.119 e. The summed E-state index contributed by atoms with van der Waals surface area (Å²) in [6, 6.07) is 9.90. The summed E-state index contributed by atoms with van der Waals surface area (Å²) in [5.74, 6) is 1.46. The molecule has 20 heavy (non-hydrogen) atoms. The van der Waals surface area contributed by atoms with E-state index in [1.165, 1.54) is 5.69 Å². The second-order valence-electron chi connectivity index (χ2n) is 4.74. The molecule has 0 aliphatic heterocycles. The summed E-state index contributed by atoms with van der Waals surface area (Å²) in [5, 5.41) is 4.43. The van der Waals surface area contributed by atoms with Crippen molar-refractivity contribution in [2.24, 2.45) is 0 Å². The predicted molar refractivity (Wildman–Crippen MR) is 82.3 cm³/mol. The third kappa shape index (κ3) is 4.01. The maximum atomic E-state index is 5.94. The molecule has 0 atom stereocenters. The molecule has 0 radical (unpaired) electrons. The number of nitrogens with zero attached hydrogens (tertiary/aromatic N) is 2. The zero-order chi connectivity index (χ0) is 14.2. The molecule has 0 N–H and O–H groups in total. The van der Waals surface area contributed by atoms with Gasteiger partial charge in [0, 0.05) is 24.2 Å². The fourth-order valence-electron chi connectivity index (χ4n) is 2.20. The molecule has 0 aliphatic carbocycles. The Morgan fingerprint density at radius 3 is 2.75 bits per heavy atom. The molecular weight excluding hydrogens is 272 g/mol. The normalized spacial score (nSPS) is 10.7. The lowest BCUT2D eigenvalue weighted by Gasteiger charge is -2.09. The Balaban J connectivity index is 1.83. The number of aryl methyl sites for hydroxylation is 1. The van der Waals surface area contributed by atoms with Crippen molar-refractivity contribution in [1.82, 2.24) is 9.78 Å². The number of aromatic nitrogens is 2. The minimum absolute atomic E-state index is 0.538. The van der Waals surface area contributed by atoms with E-state index in [9.17, 15) is 0 Å².